The summed E-state index contributed by atoms with van der Waals surface area (Å²) in [6.07, 6.45) is 0.485. The van der Waals surface area contributed by atoms with Crippen LogP contribution in [0, 0.1) is 5.92 Å². The molecule has 5 heteroatoms. The van der Waals surface area contributed by atoms with E-state index < -0.39 is 15.6 Å². The van der Waals surface area contributed by atoms with Crippen LogP contribution in [0.1, 0.15) is 27.2 Å². The summed E-state index contributed by atoms with van der Waals surface area (Å²) in [7, 11) is -3.09. The molecule has 1 unspecified atom stereocenters. The highest BCUT2D eigenvalue weighted by molar-refractivity contribution is 7.89. The number of nitrogens with zero attached hydrogens (tertiary/aromatic N) is 1. The fourth-order valence-electron chi connectivity index (χ4n) is 1.92. The van der Waals surface area contributed by atoms with Gasteiger partial charge in [-0.2, -0.15) is 4.31 Å². The summed E-state index contributed by atoms with van der Waals surface area (Å²) in [6, 6.07) is 0. The summed E-state index contributed by atoms with van der Waals surface area (Å²) >= 11 is 0. The minimum absolute atomic E-state index is 0.0212. The summed E-state index contributed by atoms with van der Waals surface area (Å²) in [5, 5.41) is 8.88. The van der Waals surface area contributed by atoms with Crippen LogP contribution >= 0.6 is 0 Å². The molecule has 1 heterocycles. The molecule has 14 heavy (non-hydrogen) atoms. The maximum Gasteiger partial charge on any atom is 0.214 e. The molecule has 1 atom stereocenters. The number of sulfonamides is 1. The second kappa shape index (κ2) is 3.79. The Bertz CT molecular complexity index is 297. The van der Waals surface area contributed by atoms with Gasteiger partial charge in [-0.3, -0.25) is 0 Å². The van der Waals surface area contributed by atoms with Gasteiger partial charge >= 0.3 is 0 Å². The average Bonchev–Trinajstić information content (AvgIpc) is 2.24. The first-order chi connectivity index (χ1) is 6.29. The van der Waals surface area contributed by atoms with Crippen molar-refractivity contribution < 1.29 is 13.5 Å². The molecule has 0 amide bonds. The Balaban J connectivity index is 2.88. The van der Waals surface area contributed by atoms with Crippen molar-refractivity contribution in [2.75, 3.05) is 18.9 Å². The molecule has 0 aromatic rings. The monoisotopic (exact) mass is 221 g/mol. The third-order valence-electron chi connectivity index (χ3n) is 2.71. The van der Waals surface area contributed by atoms with Crippen LogP contribution < -0.4 is 0 Å². The van der Waals surface area contributed by atoms with Crippen molar-refractivity contribution in [3.8, 4) is 0 Å². The molecular formula is C9H19NO3S. The van der Waals surface area contributed by atoms with Crippen molar-refractivity contribution in [2.45, 2.75) is 32.7 Å². The SMILES string of the molecule is CC1CN(C(C)(C)CCO)S(=O)(=O)C1. The van der Waals surface area contributed by atoms with E-state index in [1.165, 1.54) is 4.31 Å². The second-order valence-corrected chi connectivity index (χ2v) is 6.64. The lowest BCUT2D eigenvalue weighted by Gasteiger charge is -2.33. The Labute approximate surface area is 86.0 Å². The highest BCUT2D eigenvalue weighted by atomic mass is 32.2. The number of rotatable bonds is 3. The van der Waals surface area contributed by atoms with E-state index in [0.29, 0.717) is 13.0 Å². The van der Waals surface area contributed by atoms with E-state index in [9.17, 15) is 8.42 Å². The summed E-state index contributed by atoms with van der Waals surface area (Å²) in [5.41, 5.74) is -0.460. The van der Waals surface area contributed by atoms with Crippen LogP contribution in [0.5, 0.6) is 0 Å². The number of hydrogen-bond donors (Lipinski definition) is 1. The lowest BCUT2D eigenvalue weighted by atomic mass is 10.0. The van der Waals surface area contributed by atoms with Crippen LogP contribution in [0.25, 0.3) is 0 Å². The van der Waals surface area contributed by atoms with Crippen molar-refractivity contribution >= 4 is 10.0 Å². The zero-order chi connectivity index (χ0) is 11.0. The maximum absolute atomic E-state index is 11.7. The van der Waals surface area contributed by atoms with Gasteiger partial charge in [0.1, 0.15) is 0 Å². The molecule has 1 aliphatic rings. The van der Waals surface area contributed by atoms with Crippen LogP contribution in [0.3, 0.4) is 0 Å². The van der Waals surface area contributed by atoms with Crippen molar-refractivity contribution in [1.29, 1.82) is 0 Å². The molecule has 0 aromatic carbocycles. The van der Waals surface area contributed by atoms with E-state index >= 15 is 0 Å². The first-order valence-corrected chi connectivity index (χ1v) is 6.52. The fraction of sp³-hybridized carbons (Fsp3) is 1.00. The first kappa shape index (κ1) is 11.9. The van der Waals surface area contributed by atoms with Crippen LogP contribution in [0.15, 0.2) is 0 Å². The Morgan fingerprint density at radius 3 is 2.43 bits per heavy atom. The second-order valence-electron chi connectivity index (χ2n) is 4.70. The molecule has 1 fully saturated rings. The lowest BCUT2D eigenvalue weighted by Crippen LogP contribution is -2.45. The topological polar surface area (TPSA) is 57.6 Å². The van der Waals surface area contributed by atoms with Crippen molar-refractivity contribution in [1.82, 2.24) is 4.31 Å². The number of aliphatic hydroxyl groups excluding tert-OH is 1. The van der Waals surface area contributed by atoms with Crippen molar-refractivity contribution in [3.05, 3.63) is 0 Å². The van der Waals surface area contributed by atoms with Gasteiger partial charge in [0, 0.05) is 18.7 Å². The van der Waals surface area contributed by atoms with Gasteiger partial charge in [-0.1, -0.05) is 6.92 Å². The quantitative estimate of drug-likeness (QED) is 0.752. The van der Waals surface area contributed by atoms with Gasteiger partial charge in [0.05, 0.1) is 5.75 Å². The summed E-state index contributed by atoms with van der Waals surface area (Å²) in [6.45, 7) is 6.26. The Morgan fingerprint density at radius 2 is 2.07 bits per heavy atom. The van der Waals surface area contributed by atoms with Gasteiger partial charge in [-0.25, -0.2) is 8.42 Å². The molecule has 0 spiro atoms. The van der Waals surface area contributed by atoms with Crippen molar-refractivity contribution in [2.24, 2.45) is 5.92 Å². The highest BCUT2D eigenvalue weighted by Crippen LogP contribution is 2.29. The average molecular weight is 221 g/mol. The third-order valence-corrected chi connectivity index (χ3v) is 5.01. The fourth-order valence-corrected chi connectivity index (χ4v) is 4.25. The van der Waals surface area contributed by atoms with E-state index in [1.807, 2.05) is 20.8 Å². The molecule has 0 aliphatic carbocycles. The molecule has 1 aliphatic heterocycles. The predicted molar refractivity (Wildman–Crippen MR) is 55.4 cm³/mol. The minimum Gasteiger partial charge on any atom is -0.396 e. The van der Waals surface area contributed by atoms with Gasteiger partial charge in [-0.05, 0) is 26.2 Å². The third kappa shape index (κ3) is 2.27. The van der Waals surface area contributed by atoms with Gasteiger partial charge in [0.2, 0.25) is 10.0 Å². The highest BCUT2D eigenvalue weighted by Gasteiger charge is 2.42. The Morgan fingerprint density at radius 1 is 1.50 bits per heavy atom. The normalized spacial score (nSPS) is 28.1. The largest absolute Gasteiger partial charge is 0.396 e. The van der Waals surface area contributed by atoms with E-state index in [4.69, 9.17) is 5.11 Å². The maximum atomic E-state index is 11.7. The van der Waals surface area contributed by atoms with E-state index in [2.05, 4.69) is 0 Å². The molecule has 1 rings (SSSR count). The summed E-state index contributed by atoms with van der Waals surface area (Å²) in [5.74, 6) is 0.431. The molecule has 0 bridgehead atoms. The first-order valence-electron chi connectivity index (χ1n) is 4.91. The molecule has 1 N–H and O–H groups in total. The van der Waals surface area contributed by atoms with Gasteiger partial charge in [0.25, 0.3) is 0 Å². The molecule has 0 radical (unpaired) electrons. The van der Waals surface area contributed by atoms with Crippen LogP contribution in [0.2, 0.25) is 0 Å². The molecule has 84 valence electrons. The smallest absolute Gasteiger partial charge is 0.214 e. The van der Waals surface area contributed by atoms with E-state index in [-0.39, 0.29) is 18.3 Å². The zero-order valence-corrected chi connectivity index (χ0v) is 9.84. The predicted octanol–water partition coefficient (Wildman–Crippen LogP) is 0.429. The Hall–Kier alpha value is -0.130. The van der Waals surface area contributed by atoms with Crippen LogP contribution in [-0.2, 0) is 10.0 Å². The minimum atomic E-state index is -3.09. The van der Waals surface area contributed by atoms with Gasteiger partial charge in [-0.15, -0.1) is 0 Å². The van der Waals surface area contributed by atoms with Crippen LogP contribution in [-0.4, -0.2) is 42.3 Å². The van der Waals surface area contributed by atoms with Gasteiger partial charge in [0.15, 0.2) is 0 Å². The van der Waals surface area contributed by atoms with Gasteiger partial charge < -0.3 is 5.11 Å². The van der Waals surface area contributed by atoms with E-state index in [1.54, 1.807) is 0 Å². The number of aliphatic hydroxyl groups is 1. The van der Waals surface area contributed by atoms with E-state index in [0.717, 1.165) is 0 Å². The molecule has 0 saturated carbocycles. The number of hydrogen-bond acceptors (Lipinski definition) is 3. The summed E-state index contributed by atoms with van der Waals surface area (Å²) < 4.78 is 25.0. The standard InChI is InChI=1S/C9H19NO3S/c1-8-6-10(14(12,13)7-8)9(2,3)4-5-11/h8,11H,4-7H2,1-3H3. The Kier molecular flexibility index (Phi) is 3.23. The molecule has 1 saturated heterocycles. The molecule has 0 aromatic heterocycles. The van der Waals surface area contributed by atoms with Crippen LogP contribution in [0.4, 0.5) is 0 Å². The molecular weight excluding hydrogens is 202 g/mol. The lowest BCUT2D eigenvalue weighted by molar-refractivity contribution is 0.166. The zero-order valence-electron chi connectivity index (χ0n) is 9.02. The summed E-state index contributed by atoms with van der Waals surface area (Å²) in [4.78, 5) is 0. The molecule has 4 nitrogen and oxygen atoms in total. The van der Waals surface area contributed by atoms with Crippen molar-refractivity contribution in [3.63, 3.8) is 0 Å².